The number of rotatable bonds is 4. The predicted octanol–water partition coefficient (Wildman–Crippen LogP) is 2.45. The standard InChI is InChI=1S/C17H25N3O2/c1-11(2)13-6-8-14(9-7-13)12(3)19-17(22)20-15-5-4-10-18-16(15)21/h6-9,11-12,15H,4-5,10H2,1-3H3,(H,18,21)(H2,19,20,22)/t12-,15-/m0/s1. The van der Waals surface area contributed by atoms with Crippen LogP contribution in [0, 0.1) is 0 Å². The number of urea groups is 1. The van der Waals surface area contributed by atoms with Crippen LogP contribution in [0.25, 0.3) is 0 Å². The summed E-state index contributed by atoms with van der Waals surface area (Å²) in [5.41, 5.74) is 2.33. The lowest BCUT2D eigenvalue weighted by Gasteiger charge is -2.24. The van der Waals surface area contributed by atoms with Crippen LogP contribution in [0.2, 0.25) is 0 Å². The minimum atomic E-state index is -0.427. The summed E-state index contributed by atoms with van der Waals surface area (Å²) in [6, 6.07) is 7.41. The number of benzene rings is 1. The Hall–Kier alpha value is -2.04. The molecule has 2 rings (SSSR count). The van der Waals surface area contributed by atoms with Gasteiger partial charge in [-0.05, 0) is 36.8 Å². The molecule has 1 saturated heterocycles. The van der Waals surface area contributed by atoms with E-state index in [9.17, 15) is 9.59 Å². The van der Waals surface area contributed by atoms with Crippen LogP contribution in [0.5, 0.6) is 0 Å². The summed E-state index contributed by atoms with van der Waals surface area (Å²) in [6.07, 6.45) is 1.58. The summed E-state index contributed by atoms with van der Waals surface area (Å²) in [7, 11) is 0. The molecule has 1 aliphatic rings. The highest BCUT2D eigenvalue weighted by Crippen LogP contribution is 2.18. The Bertz CT molecular complexity index is 525. The van der Waals surface area contributed by atoms with Gasteiger partial charge in [-0.15, -0.1) is 0 Å². The van der Waals surface area contributed by atoms with E-state index < -0.39 is 6.04 Å². The monoisotopic (exact) mass is 303 g/mol. The molecule has 0 spiro atoms. The van der Waals surface area contributed by atoms with Crippen molar-refractivity contribution in [3.63, 3.8) is 0 Å². The normalized spacial score (nSPS) is 19.5. The quantitative estimate of drug-likeness (QED) is 0.799. The van der Waals surface area contributed by atoms with Gasteiger partial charge in [-0.2, -0.15) is 0 Å². The third-order valence-corrected chi connectivity index (χ3v) is 4.04. The van der Waals surface area contributed by atoms with E-state index in [0.717, 1.165) is 12.0 Å². The molecule has 2 atom stereocenters. The van der Waals surface area contributed by atoms with Crippen molar-refractivity contribution in [3.05, 3.63) is 35.4 Å². The van der Waals surface area contributed by atoms with Crippen molar-refractivity contribution < 1.29 is 9.59 Å². The summed E-state index contributed by atoms with van der Waals surface area (Å²) in [5, 5.41) is 8.38. The largest absolute Gasteiger partial charge is 0.354 e. The number of nitrogens with one attached hydrogen (secondary N) is 3. The van der Waals surface area contributed by atoms with Crippen LogP contribution in [0.4, 0.5) is 4.79 Å². The third kappa shape index (κ3) is 4.23. The van der Waals surface area contributed by atoms with Gasteiger partial charge < -0.3 is 16.0 Å². The maximum Gasteiger partial charge on any atom is 0.315 e. The molecule has 3 amide bonds. The van der Waals surface area contributed by atoms with Crippen molar-refractivity contribution in [3.8, 4) is 0 Å². The molecule has 22 heavy (non-hydrogen) atoms. The van der Waals surface area contributed by atoms with Gasteiger partial charge in [-0.25, -0.2) is 4.79 Å². The molecule has 0 aromatic heterocycles. The van der Waals surface area contributed by atoms with E-state index in [4.69, 9.17) is 0 Å². The smallest absolute Gasteiger partial charge is 0.315 e. The second-order valence-electron chi connectivity index (χ2n) is 6.15. The Morgan fingerprint density at radius 2 is 1.82 bits per heavy atom. The molecular formula is C17H25N3O2. The van der Waals surface area contributed by atoms with E-state index in [1.807, 2.05) is 19.1 Å². The minimum Gasteiger partial charge on any atom is -0.354 e. The number of amides is 3. The zero-order valence-electron chi connectivity index (χ0n) is 13.5. The molecule has 3 N–H and O–H groups in total. The molecule has 1 heterocycles. The highest BCUT2D eigenvalue weighted by atomic mass is 16.2. The third-order valence-electron chi connectivity index (χ3n) is 4.04. The van der Waals surface area contributed by atoms with Crippen molar-refractivity contribution in [1.29, 1.82) is 0 Å². The molecule has 0 unspecified atom stereocenters. The summed E-state index contributed by atoms with van der Waals surface area (Å²) >= 11 is 0. The minimum absolute atomic E-state index is 0.102. The lowest BCUT2D eigenvalue weighted by atomic mass is 10.00. The van der Waals surface area contributed by atoms with E-state index in [0.29, 0.717) is 18.9 Å². The lowest BCUT2D eigenvalue weighted by Crippen LogP contribution is -2.52. The van der Waals surface area contributed by atoms with Crippen molar-refractivity contribution in [1.82, 2.24) is 16.0 Å². The van der Waals surface area contributed by atoms with E-state index in [2.05, 4.69) is 41.9 Å². The Kier molecular flexibility index (Phi) is 5.41. The van der Waals surface area contributed by atoms with Crippen LogP contribution >= 0.6 is 0 Å². The van der Waals surface area contributed by atoms with Gasteiger partial charge in [0.15, 0.2) is 0 Å². The highest BCUT2D eigenvalue weighted by Gasteiger charge is 2.24. The van der Waals surface area contributed by atoms with Crippen LogP contribution in [0.3, 0.4) is 0 Å². The molecule has 5 heteroatoms. The first-order valence-electron chi connectivity index (χ1n) is 7.92. The van der Waals surface area contributed by atoms with Gasteiger partial charge in [-0.3, -0.25) is 4.79 Å². The second-order valence-corrected chi connectivity index (χ2v) is 6.15. The van der Waals surface area contributed by atoms with Gasteiger partial charge in [0.05, 0.1) is 6.04 Å². The summed E-state index contributed by atoms with van der Waals surface area (Å²) < 4.78 is 0. The number of hydrogen-bond donors (Lipinski definition) is 3. The van der Waals surface area contributed by atoms with Gasteiger partial charge in [0.1, 0.15) is 6.04 Å². The molecule has 0 saturated carbocycles. The fourth-order valence-electron chi connectivity index (χ4n) is 2.56. The summed E-state index contributed by atoms with van der Waals surface area (Å²) in [4.78, 5) is 23.6. The van der Waals surface area contributed by atoms with Crippen LogP contribution in [0.1, 0.15) is 56.7 Å². The van der Waals surface area contributed by atoms with Crippen LogP contribution in [0.15, 0.2) is 24.3 Å². The first-order valence-corrected chi connectivity index (χ1v) is 7.92. The van der Waals surface area contributed by atoms with Crippen LogP contribution in [-0.2, 0) is 4.79 Å². The fourth-order valence-corrected chi connectivity index (χ4v) is 2.56. The van der Waals surface area contributed by atoms with E-state index in [-0.39, 0.29) is 18.0 Å². The molecule has 5 nitrogen and oxygen atoms in total. The summed E-state index contributed by atoms with van der Waals surface area (Å²) in [5.74, 6) is 0.390. The zero-order valence-corrected chi connectivity index (χ0v) is 13.5. The van der Waals surface area contributed by atoms with E-state index in [1.165, 1.54) is 5.56 Å². The van der Waals surface area contributed by atoms with Gasteiger partial charge in [0.25, 0.3) is 0 Å². The number of hydrogen-bond acceptors (Lipinski definition) is 2. The first-order chi connectivity index (χ1) is 10.5. The molecular weight excluding hydrogens is 278 g/mol. The van der Waals surface area contributed by atoms with Gasteiger partial charge in [-0.1, -0.05) is 38.1 Å². The van der Waals surface area contributed by atoms with Crippen molar-refractivity contribution >= 4 is 11.9 Å². The van der Waals surface area contributed by atoms with Gasteiger partial charge in [0.2, 0.25) is 5.91 Å². The van der Waals surface area contributed by atoms with Crippen molar-refractivity contribution in [2.75, 3.05) is 6.54 Å². The average Bonchev–Trinajstić information content (AvgIpc) is 2.49. The molecule has 1 aromatic carbocycles. The first kappa shape index (κ1) is 16.3. The molecule has 1 fully saturated rings. The maximum absolute atomic E-state index is 12.0. The molecule has 0 aliphatic carbocycles. The Labute approximate surface area is 131 Å². The maximum atomic E-state index is 12.0. The average molecular weight is 303 g/mol. The van der Waals surface area contributed by atoms with Crippen LogP contribution < -0.4 is 16.0 Å². The molecule has 120 valence electrons. The molecule has 1 aromatic rings. The summed E-state index contributed by atoms with van der Waals surface area (Å²) in [6.45, 7) is 6.93. The fraction of sp³-hybridized carbons (Fsp3) is 0.529. The lowest BCUT2D eigenvalue weighted by molar-refractivity contribution is -0.124. The van der Waals surface area contributed by atoms with Crippen molar-refractivity contribution in [2.45, 2.75) is 51.6 Å². The van der Waals surface area contributed by atoms with Crippen LogP contribution in [-0.4, -0.2) is 24.5 Å². The number of carbonyl (C=O) groups is 2. The van der Waals surface area contributed by atoms with E-state index in [1.54, 1.807) is 0 Å². The number of piperidine rings is 1. The topological polar surface area (TPSA) is 70.2 Å². The number of carbonyl (C=O) groups excluding carboxylic acids is 2. The SMILES string of the molecule is CC(C)c1ccc([C@H](C)NC(=O)N[C@H]2CCCNC2=O)cc1. The van der Waals surface area contributed by atoms with Crippen molar-refractivity contribution in [2.24, 2.45) is 0 Å². The molecule has 0 bridgehead atoms. The Morgan fingerprint density at radius 1 is 1.18 bits per heavy atom. The highest BCUT2D eigenvalue weighted by molar-refractivity contribution is 5.87. The zero-order chi connectivity index (χ0) is 16.1. The van der Waals surface area contributed by atoms with Gasteiger partial charge in [0, 0.05) is 6.54 Å². The molecule has 0 radical (unpaired) electrons. The predicted molar refractivity (Wildman–Crippen MR) is 86.6 cm³/mol. The van der Waals surface area contributed by atoms with E-state index >= 15 is 0 Å². The van der Waals surface area contributed by atoms with Gasteiger partial charge >= 0.3 is 6.03 Å². The Morgan fingerprint density at radius 3 is 2.41 bits per heavy atom. The Balaban J connectivity index is 1.89. The molecule has 1 aliphatic heterocycles. The second kappa shape index (κ2) is 7.29.